The molecule has 1 saturated carbocycles. The Labute approximate surface area is 137 Å². The molecule has 0 saturated heterocycles. The van der Waals surface area contributed by atoms with Crippen LogP contribution in [0.2, 0.25) is 0 Å². The molecule has 1 aromatic rings. The van der Waals surface area contributed by atoms with E-state index in [9.17, 15) is 0 Å². The third kappa shape index (κ3) is 4.23. The number of rotatable bonds is 5. The van der Waals surface area contributed by atoms with Crippen molar-refractivity contribution in [1.82, 2.24) is 0 Å². The van der Waals surface area contributed by atoms with Crippen molar-refractivity contribution in [3.63, 3.8) is 0 Å². The largest absolute Gasteiger partial charge is 0.496 e. The fraction of sp³-hybridized carbons (Fsp3) is 0.667. The van der Waals surface area contributed by atoms with Gasteiger partial charge in [-0.1, -0.05) is 29.8 Å². The Balaban J connectivity index is 2.16. The van der Waals surface area contributed by atoms with Crippen LogP contribution in [0, 0.1) is 23.7 Å². The van der Waals surface area contributed by atoms with Crippen LogP contribution in [0.1, 0.15) is 38.7 Å². The van der Waals surface area contributed by atoms with Crippen LogP contribution >= 0.6 is 15.9 Å². The number of benzene rings is 1. The van der Waals surface area contributed by atoms with E-state index in [2.05, 4.69) is 41.9 Å². The maximum absolute atomic E-state index is 6.03. The molecular weight excluding hydrogens is 326 g/mol. The summed E-state index contributed by atoms with van der Waals surface area (Å²) in [6.07, 6.45) is 4.99. The molecule has 21 heavy (non-hydrogen) atoms. The molecule has 0 heterocycles. The van der Waals surface area contributed by atoms with Crippen LogP contribution in [0.4, 0.5) is 0 Å². The van der Waals surface area contributed by atoms with E-state index >= 15 is 0 Å². The van der Waals surface area contributed by atoms with Gasteiger partial charge in [0.1, 0.15) is 5.75 Å². The van der Waals surface area contributed by atoms with Gasteiger partial charge in [-0.25, -0.2) is 0 Å². The standard InChI is InChI=1S/C18H28BrNO/c1-12(2)13-4-5-14(11-20)15(8-13)9-16-10-17(19)6-7-18(16)21-3/h6-7,10,12-15H,4-5,8-9,11,20H2,1-3H3. The van der Waals surface area contributed by atoms with Gasteiger partial charge in [0.25, 0.3) is 0 Å². The van der Waals surface area contributed by atoms with E-state index in [1.54, 1.807) is 7.11 Å². The molecule has 3 heteroatoms. The van der Waals surface area contributed by atoms with Crippen molar-refractivity contribution in [2.45, 2.75) is 39.5 Å². The molecule has 0 radical (unpaired) electrons. The molecule has 0 aliphatic heterocycles. The van der Waals surface area contributed by atoms with Crippen LogP contribution in [-0.4, -0.2) is 13.7 Å². The molecule has 1 fully saturated rings. The lowest BCUT2D eigenvalue weighted by atomic mass is 9.69. The average Bonchev–Trinajstić information content (AvgIpc) is 2.47. The number of ether oxygens (including phenoxy) is 1. The third-order valence-corrected chi connectivity index (χ3v) is 5.64. The zero-order valence-electron chi connectivity index (χ0n) is 13.4. The molecule has 0 aromatic heterocycles. The molecule has 2 rings (SSSR count). The van der Waals surface area contributed by atoms with Crippen molar-refractivity contribution < 1.29 is 4.74 Å². The molecule has 2 nitrogen and oxygen atoms in total. The Morgan fingerprint density at radius 1 is 1.29 bits per heavy atom. The predicted octanol–water partition coefficient (Wildman–Crippen LogP) is 4.65. The summed E-state index contributed by atoms with van der Waals surface area (Å²) in [4.78, 5) is 0. The van der Waals surface area contributed by atoms with Gasteiger partial charge in [0, 0.05) is 4.47 Å². The summed E-state index contributed by atoms with van der Waals surface area (Å²) in [6.45, 7) is 5.51. The third-order valence-electron chi connectivity index (χ3n) is 5.15. The average molecular weight is 354 g/mol. The predicted molar refractivity (Wildman–Crippen MR) is 92.6 cm³/mol. The highest BCUT2D eigenvalue weighted by atomic mass is 79.9. The van der Waals surface area contributed by atoms with E-state index in [-0.39, 0.29) is 0 Å². The van der Waals surface area contributed by atoms with Gasteiger partial charge in [0.05, 0.1) is 7.11 Å². The topological polar surface area (TPSA) is 35.2 Å². The van der Waals surface area contributed by atoms with Crippen LogP contribution < -0.4 is 10.5 Å². The monoisotopic (exact) mass is 353 g/mol. The van der Waals surface area contributed by atoms with Gasteiger partial charge in [-0.05, 0) is 79.7 Å². The van der Waals surface area contributed by atoms with E-state index in [1.165, 1.54) is 24.8 Å². The summed E-state index contributed by atoms with van der Waals surface area (Å²) in [7, 11) is 1.75. The van der Waals surface area contributed by atoms with Gasteiger partial charge < -0.3 is 10.5 Å². The van der Waals surface area contributed by atoms with Crippen molar-refractivity contribution >= 4 is 15.9 Å². The molecule has 0 spiro atoms. The molecule has 3 atom stereocenters. The molecule has 1 aliphatic carbocycles. The minimum atomic E-state index is 0.656. The Morgan fingerprint density at radius 2 is 2.05 bits per heavy atom. The van der Waals surface area contributed by atoms with Crippen LogP contribution in [0.5, 0.6) is 5.75 Å². The van der Waals surface area contributed by atoms with Gasteiger partial charge in [0.2, 0.25) is 0 Å². The summed E-state index contributed by atoms with van der Waals surface area (Å²) in [5.74, 6) is 3.95. The Morgan fingerprint density at radius 3 is 2.67 bits per heavy atom. The summed E-state index contributed by atoms with van der Waals surface area (Å²) in [6, 6.07) is 6.30. The first-order valence-corrected chi connectivity index (χ1v) is 8.87. The molecular formula is C18H28BrNO. The highest BCUT2D eigenvalue weighted by molar-refractivity contribution is 9.10. The fourth-order valence-electron chi connectivity index (χ4n) is 3.72. The first-order valence-electron chi connectivity index (χ1n) is 8.07. The number of hydrogen-bond donors (Lipinski definition) is 1. The molecule has 1 aliphatic rings. The molecule has 3 unspecified atom stereocenters. The second kappa shape index (κ2) is 7.64. The van der Waals surface area contributed by atoms with Crippen molar-refractivity contribution in [2.24, 2.45) is 29.4 Å². The molecule has 0 amide bonds. The van der Waals surface area contributed by atoms with Crippen molar-refractivity contribution in [3.05, 3.63) is 28.2 Å². The van der Waals surface area contributed by atoms with Gasteiger partial charge in [-0.15, -0.1) is 0 Å². The van der Waals surface area contributed by atoms with Gasteiger partial charge >= 0.3 is 0 Å². The summed E-state index contributed by atoms with van der Waals surface area (Å²) in [5, 5.41) is 0. The summed E-state index contributed by atoms with van der Waals surface area (Å²) in [5.41, 5.74) is 7.33. The van der Waals surface area contributed by atoms with Crippen LogP contribution in [0.3, 0.4) is 0 Å². The van der Waals surface area contributed by atoms with Crippen molar-refractivity contribution in [2.75, 3.05) is 13.7 Å². The second-order valence-electron chi connectivity index (χ2n) is 6.73. The van der Waals surface area contributed by atoms with E-state index < -0.39 is 0 Å². The van der Waals surface area contributed by atoms with Gasteiger partial charge in [-0.2, -0.15) is 0 Å². The first kappa shape index (κ1) is 16.8. The van der Waals surface area contributed by atoms with Crippen molar-refractivity contribution in [1.29, 1.82) is 0 Å². The minimum absolute atomic E-state index is 0.656. The summed E-state index contributed by atoms with van der Waals surface area (Å²) >= 11 is 3.58. The molecule has 1 aromatic carbocycles. The van der Waals surface area contributed by atoms with Crippen LogP contribution in [0.25, 0.3) is 0 Å². The Kier molecular flexibility index (Phi) is 6.12. The lowest BCUT2D eigenvalue weighted by molar-refractivity contribution is 0.150. The zero-order valence-corrected chi connectivity index (χ0v) is 15.0. The fourth-order valence-corrected chi connectivity index (χ4v) is 4.13. The zero-order chi connectivity index (χ0) is 15.4. The van der Waals surface area contributed by atoms with Gasteiger partial charge in [-0.3, -0.25) is 0 Å². The number of nitrogens with two attached hydrogens (primary N) is 1. The van der Waals surface area contributed by atoms with Crippen molar-refractivity contribution in [3.8, 4) is 5.75 Å². The number of hydrogen-bond acceptors (Lipinski definition) is 2. The molecule has 0 bridgehead atoms. The Bertz CT molecular complexity index is 461. The first-order chi connectivity index (χ1) is 10.0. The van der Waals surface area contributed by atoms with Gasteiger partial charge in [0.15, 0.2) is 0 Å². The van der Waals surface area contributed by atoms with Crippen LogP contribution in [0.15, 0.2) is 22.7 Å². The lowest BCUT2D eigenvalue weighted by Gasteiger charge is -2.37. The molecule has 118 valence electrons. The SMILES string of the molecule is COc1ccc(Br)cc1CC1CC(C(C)C)CCC1CN. The number of halogens is 1. The minimum Gasteiger partial charge on any atom is -0.496 e. The summed E-state index contributed by atoms with van der Waals surface area (Å²) < 4.78 is 6.66. The smallest absolute Gasteiger partial charge is 0.122 e. The van der Waals surface area contributed by atoms with E-state index in [0.717, 1.165) is 35.0 Å². The number of methoxy groups -OCH3 is 1. The van der Waals surface area contributed by atoms with E-state index in [4.69, 9.17) is 10.5 Å². The molecule has 2 N–H and O–H groups in total. The quantitative estimate of drug-likeness (QED) is 0.836. The lowest BCUT2D eigenvalue weighted by Crippen LogP contribution is -2.33. The maximum atomic E-state index is 6.03. The Hall–Kier alpha value is -0.540. The van der Waals surface area contributed by atoms with E-state index in [0.29, 0.717) is 11.8 Å². The normalized spacial score (nSPS) is 26.1. The highest BCUT2D eigenvalue weighted by Gasteiger charge is 2.31. The highest BCUT2D eigenvalue weighted by Crippen LogP contribution is 2.40. The maximum Gasteiger partial charge on any atom is 0.122 e. The second-order valence-corrected chi connectivity index (χ2v) is 7.65. The van der Waals surface area contributed by atoms with E-state index in [1.807, 2.05) is 6.07 Å². The van der Waals surface area contributed by atoms with Crippen LogP contribution in [-0.2, 0) is 6.42 Å².